The van der Waals surface area contributed by atoms with E-state index in [2.05, 4.69) is 0 Å². The van der Waals surface area contributed by atoms with Gasteiger partial charge >= 0.3 is 5.97 Å². The van der Waals surface area contributed by atoms with Crippen molar-refractivity contribution in [1.29, 1.82) is 0 Å². The van der Waals surface area contributed by atoms with Gasteiger partial charge in [-0.15, -0.1) is 0 Å². The zero-order valence-corrected chi connectivity index (χ0v) is 12.2. The van der Waals surface area contributed by atoms with Crippen molar-refractivity contribution in [2.24, 2.45) is 17.3 Å². The third kappa shape index (κ3) is 3.38. The smallest absolute Gasteiger partial charge is 0.306 e. The van der Waals surface area contributed by atoms with Gasteiger partial charge in [0.1, 0.15) is 0 Å². The van der Waals surface area contributed by atoms with E-state index in [0.29, 0.717) is 32.2 Å². The molecule has 1 heterocycles. The van der Waals surface area contributed by atoms with Crippen LogP contribution in [-0.2, 0) is 14.4 Å². The Morgan fingerprint density at radius 3 is 2.10 bits per heavy atom. The van der Waals surface area contributed by atoms with E-state index in [1.807, 2.05) is 13.8 Å². The van der Waals surface area contributed by atoms with Crippen molar-refractivity contribution in [3.63, 3.8) is 0 Å². The lowest BCUT2D eigenvalue weighted by Gasteiger charge is -2.37. The van der Waals surface area contributed by atoms with Crippen LogP contribution in [0.3, 0.4) is 0 Å². The topological polar surface area (TPSA) is 74.7 Å². The molecule has 2 rings (SSSR count). The molecule has 2 aliphatic rings. The molecule has 0 aromatic heterocycles. The molecule has 0 aromatic rings. The second kappa shape index (κ2) is 5.54. The van der Waals surface area contributed by atoms with Crippen LogP contribution in [0.1, 0.15) is 52.4 Å². The molecule has 1 saturated heterocycles. The highest BCUT2D eigenvalue weighted by atomic mass is 16.4. The fraction of sp³-hybridized carbons (Fsp3) is 0.800. The zero-order chi connectivity index (χ0) is 14.9. The molecule has 5 heteroatoms. The van der Waals surface area contributed by atoms with E-state index in [0.717, 1.165) is 12.8 Å². The first-order chi connectivity index (χ1) is 9.28. The van der Waals surface area contributed by atoms with Crippen LogP contribution in [0.15, 0.2) is 0 Å². The molecule has 0 spiro atoms. The minimum atomic E-state index is -0.727. The van der Waals surface area contributed by atoms with Gasteiger partial charge < -0.3 is 5.11 Å². The maximum Gasteiger partial charge on any atom is 0.306 e. The highest BCUT2D eigenvalue weighted by Gasteiger charge is 2.38. The van der Waals surface area contributed by atoms with E-state index in [1.54, 1.807) is 0 Å². The van der Waals surface area contributed by atoms with Crippen LogP contribution < -0.4 is 0 Å². The molecule has 0 unspecified atom stereocenters. The summed E-state index contributed by atoms with van der Waals surface area (Å²) in [6, 6.07) is 0. The third-order valence-electron chi connectivity index (χ3n) is 4.50. The minimum absolute atomic E-state index is 0.0772. The lowest BCUT2D eigenvalue weighted by Crippen LogP contribution is -2.48. The van der Waals surface area contributed by atoms with Crippen molar-refractivity contribution >= 4 is 17.8 Å². The van der Waals surface area contributed by atoms with Gasteiger partial charge in [0, 0.05) is 19.4 Å². The van der Waals surface area contributed by atoms with Gasteiger partial charge in [-0.3, -0.25) is 19.3 Å². The molecule has 1 N–H and O–H groups in total. The largest absolute Gasteiger partial charge is 0.481 e. The number of amides is 2. The van der Waals surface area contributed by atoms with Gasteiger partial charge in [0.2, 0.25) is 11.8 Å². The van der Waals surface area contributed by atoms with Crippen molar-refractivity contribution < 1.29 is 19.5 Å². The summed E-state index contributed by atoms with van der Waals surface area (Å²) in [6.45, 7) is 4.36. The van der Waals surface area contributed by atoms with Crippen molar-refractivity contribution in [2.45, 2.75) is 52.4 Å². The van der Waals surface area contributed by atoms with Gasteiger partial charge in [-0.2, -0.15) is 0 Å². The maximum atomic E-state index is 12.1. The normalized spacial score (nSPS) is 30.4. The van der Waals surface area contributed by atoms with Crippen LogP contribution in [0.2, 0.25) is 0 Å². The Morgan fingerprint density at radius 1 is 1.15 bits per heavy atom. The molecule has 2 amide bonds. The molecule has 0 radical (unpaired) electrons. The first-order valence-electron chi connectivity index (χ1n) is 7.34. The Hall–Kier alpha value is -1.39. The van der Waals surface area contributed by atoms with Crippen LogP contribution >= 0.6 is 0 Å². The number of nitrogens with zero attached hydrogens (tertiary/aromatic N) is 1. The Labute approximate surface area is 119 Å². The predicted octanol–water partition coefficient (Wildman–Crippen LogP) is 2.05. The van der Waals surface area contributed by atoms with Gasteiger partial charge in [0.05, 0.1) is 5.92 Å². The second-order valence-electron chi connectivity index (χ2n) is 6.97. The predicted molar refractivity (Wildman–Crippen MR) is 72.8 cm³/mol. The molecule has 0 aromatic carbocycles. The van der Waals surface area contributed by atoms with Crippen LogP contribution in [0.25, 0.3) is 0 Å². The van der Waals surface area contributed by atoms with Crippen LogP contribution in [0.5, 0.6) is 0 Å². The van der Waals surface area contributed by atoms with Crippen LogP contribution in [0.4, 0.5) is 0 Å². The number of hydrogen-bond acceptors (Lipinski definition) is 3. The standard InChI is InChI=1S/C15H23NO4/c1-15(2)7-12(17)16(13(18)8-15)9-10-3-5-11(6-4-10)14(19)20/h10-11H,3-9H2,1-2H3,(H,19,20). The van der Waals surface area contributed by atoms with Gasteiger partial charge in [-0.25, -0.2) is 0 Å². The molecule has 1 aliphatic carbocycles. The number of carboxylic acids is 1. The monoisotopic (exact) mass is 281 g/mol. The number of rotatable bonds is 3. The van der Waals surface area contributed by atoms with E-state index in [1.165, 1.54) is 4.90 Å². The van der Waals surface area contributed by atoms with Crippen molar-refractivity contribution in [2.75, 3.05) is 6.54 Å². The number of carboxylic acid groups (broad SMARTS) is 1. The van der Waals surface area contributed by atoms with E-state index in [4.69, 9.17) is 5.11 Å². The average molecular weight is 281 g/mol. The van der Waals surface area contributed by atoms with Crippen LogP contribution in [0, 0.1) is 17.3 Å². The van der Waals surface area contributed by atoms with Crippen LogP contribution in [-0.4, -0.2) is 34.3 Å². The maximum absolute atomic E-state index is 12.1. The molecule has 20 heavy (non-hydrogen) atoms. The number of carbonyl (C=O) groups is 3. The Bertz CT molecular complexity index is 402. The summed E-state index contributed by atoms with van der Waals surface area (Å²) >= 11 is 0. The highest BCUT2D eigenvalue weighted by Crippen LogP contribution is 2.34. The van der Waals surface area contributed by atoms with Gasteiger partial charge in [-0.05, 0) is 37.0 Å². The molecule has 2 fully saturated rings. The van der Waals surface area contributed by atoms with Gasteiger partial charge in [0.25, 0.3) is 0 Å². The number of imide groups is 1. The first-order valence-corrected chi connectivity index (χ1v) is 7.34. The molecule has 0 bridgehead atoms. The summed E-state index contributed by atoms with van der Waals surface area (Å²) < 4.78 is 0. The lowest BCUT2D eigenvalue weighted by molar-refractivity contribution is -0.154. The molecular formula is C15H23NO4. The molecule has 112 valence electrons. The van der Waals surface area contributed by atoms with E-state index >= 15 is 0 Å². The van der Waals surface area contributed by atoms with Crippen molar-refractivity contribution in [3.05, 3.63) is 0 Å². The molecule has 0 atom stereocenters. The van der Waals surface area contributed by atoms with Crippen molar-refractivity contribution in [3.8, 4) is 0 Å². The first kappa shape index (κ1) is 15.0. The second-order valence-corrected chi connectivity index (χ2v) is 6.97. The SMILES string of the molecule is CC1(C)CC(=O)N(CC2CCC(C(=O)O)CC2)C(=O)C1. The molecule has 5 nitrogen and oxygen atoms in total. The number of piperidine rings is 1. The highest BCUT2D eigenvalue weighted by molar-refractivity contribution is 5.98. The zero-order valence-electron chi connectivity index (χ0n) is 12.2. The van der Waals surface area contributed by atoms with Gasteiger partial charge in [-0.1, -0.05) is 13.8 Å². The third-order valence-corrected chi connectivity index (χ3v) is 4.50. The van der Waals surface area contributed by atoms with E-state index in [9.17, 15) is 14.4 Å². The number of hydrogen-bond donors (Lipinski definition) is 1. The summed E-state index contributed by atoms with van der Waals surface area (Å²) in [5, 5.41) is 8.97. The fourth-order valence-electron chi connectivity index (χ4n) is 3.27. The van der Waals surface area contributed by atoms with Crippen molar-refractivity contribution in [1.82, 2.24) is 4.90 Å². The van der Waals surface area contributed by atoms with E-state index < -0.39 is 5.97 Å². The summed E-state index contributed by atoms with van der Waals surface area (Å²) in [5.41, 5.74) is -0.231. The summed E-state index contributed by atoms with van der Waals surface area (Å²) in [6.07, 6.45) is 3.73. The quantitative estimate of drug-likeness (QED) is 0.803. The Morgan fingerprint density at radius 2 is 1.65 bits per heavy atom. The Balaban J connectivity index is 1.90. The molecule has 1 saturated carbocycles. The van der Waals surface area contributed by atoms with E-state index in [-0.39, 0.29) is 29.1 Å². The number of carbonyl (C=O) groups excluding carboxylic acids is 2. The summed E-state index contributed by atoms with van der Waals surface area (Å²) in [5.74, 6) is -0.869. The summed E-state index contributed by atoms with van der Waals surface area (Å²) in [4.78, 5) is 36.5. The average Bonchev–Trinajstić information content (AvgIpc) is 2.33. The summed E-state index contributed by atoms with van der Waals surface area (Å²) in [7, 11) is 0. The number of likely N-dealkylation sites (tertiary alicyclic amines) is 1. The lowest BCUT2D eigenvalue weighted by atomic mass is 9.79. The Kier molecular flexibility index (Phi) is 4.16. The van der Waals surface area contributed by atoms with Gasteiger partial charge in [0.15, 0.2) is 0 Å². The molecular weight excluding hydrogens is 258 g/mol. The number of aliphatic carboxylic acids is 1. The fourth-order valence-corrected chi connectivity index (χ4v) is 3.27. The minimum Gasteiger partial charge on any atom is -0.481 e. The molecule has 1 aliphatic heterocycles.